The Morgan fingerprint density at radius 1 is 1.00 bits per heavy atom. The summed E-state index contributed by atoms with van der Waals surface area (Å²) >= 11 is 0. The summed E-state index contributed by atoms with van der Waals surface area (Å²) in [6.45, 7) is 6.42. The van der Waals surface area contributed by atoms with E-state index in [0.29, 0.717) is 25.3 Å². The van der Waals surface area contributed by atoms with Crippen molar-refractivity contribution in [3.05, 3.63) is 83.0 Å². The van der Waals surface area contributed by atoms with Gasteiger partial charge in [-0.05, 0) is 31.9 Å². The maximum Gasteiger partial charge on any atom is 0.410 e. The molecule has 0 atom stereocenters. The zero-order chi connectivity index (χ0) is 23.6. The first kappa shape index (κ1) is 22.6. The smallest absolute Gasteiger partial charge is 0.410 e. The molecule has 0 aliphatic carbocycles. The van der Waals surface area contributed by atoms with Gasteiger partial charge in [-0.3, -0.25) is 9.48 Å². The maximum absolute atomic E-state index is 13.6. The van der Waals surface area contributed by atoms with Gasteiger partial charge in [0.1, 0.15) is 11.4 Å². The number of anilines is 1. The quantitative estimate of drug-likeness (QED) is 0.641. The number of amides is 2. The van der Waals surface area contributed by atoms with E-state index in [2.05, 4.69) is 10.4 Å². The van der Waals surface area contributed by atoms with Gasteiger partial charge in [-0.15, -0.1) is 0 Å². The molecule has 2 heterocycles. The summed E-state index contributed by atoms with van der Waals surface area (Å²) in [7, 11) is 1.81. The van der Waals surface area contributed by atoms with Gasteiger partial charge in [-0.25, -0.2) is 4.79 Å². The van der Waals surface area contributed by atoms with Crippen LogP contribution in [0.4, 0.5) is 10.6 Å². The van der Waals surface area contributed by atoms with Gasteiger partial charge >= 0.3 is 6.09 Å². The third-order valence-corrected chi connectivity index (χ3v) is 5.62. The molecule has 7 heteroatoms. The summed E-state index contributed by atoms with van der Waals surface area (Å²) < 4.78 is 7.24. The summed E-state index contributed by atoms with van der Waals surface area (Å²) in [6.07, 6.45) is 0.250. The Morgan fingerprint density at radius 3 is 2.12 bits per heavy atom. The van der Waals surface area contributed by atoms with Gasteiger partial charge in [-0.2, -0.15) is 5.10 Å². The third-order valence-electron chi connectivity index (χ3n) is 5.62. The van der Waals surface area contributed by atoms with E-state index in [-0.39, 0.29) is 12.0 Å². The van der Waals surface area contributed by atoms with Crippen molar-refractivity contribution in [3.63, 3.8) is 0 Å². The average molecular weight is 447 g/mol. The second-order valence-electron chi connectivity index (χ2n) is 9.29. The molecule has 7 nitrogen and oxygen atoms in total. The number of ether oxygens (including phenoxy) is 1. The number of carbonyl (C=O) groups excluding carboxylic acids is 2. The molecular formula is C26H30N4O3. The van der Waals surface area contributed by atoms with E-state index >= 15 is 0 Å². The van der Waals surface area contributed by atoms with Crippen LogP contribution in [0.2, 0.25) is 0 Å². The zero-order valence-corrected chi connectivity index (χ0v) is 19.5. The SMILES string of the molecule is Cn1nc2c(c1NC(=O)C(c1ccccc1)c1ccccc1)CN(C(=O)OC(C)(C)C)CC2. The van der Waals surface area contributed by atoms with Crippen molar-refractivity contribution in [1.82, 2.24) is 14.7 Å². The van der Waals surface area contributed by atoms with Crippen molar-refractivity contribution in [2.75, 3.05) is 11.9 Å². The second kappa shape index (κ2) is 9.10. The lowest BCUT2D eigenvalue weighted by Gasteiger charge is -2.30. The molecule has 3 aromatic rings. The highest BCUT2D eigenvalue weighted by molar-refractivity contribution is 5.98. The van der Waals surface area contributed by atoms with Gasteiger partial charge in [0.25, 0.3) is 0 Å². The summed E-state index contributed by atoms with van der Waals surface area (Å²) in [6, 6.07) is 19.4. The van der Waals surface area contributed by atoms with Gasteiger partial charge in [0.15, 0.2) is 0 Å². The molecule has 0 bridgehead atoms. The number of hydrogen-bond acceptors (Lipinski definition) is 4. The molecule has 4 rings (SSSR count). The first-order chi connectivity index (χ1) is 15.7. The van der Waals surface area contributed by atoms with E-state index in [0.717, 1.165) is 22.4 Å². The number of nitrogens with one attached hydrogen (secondary N) is 1. The molecule has 0 fully saturated rings. The lowest BCUT2D eigenvalue weighted by molar-refractivity contribution is -0.116. The van der Waals surface area contributed by atoms with Crippen LogP contribution in [0, 0.1) is 0 Å². The summed E-state index contributed by atoms with van der Waals surface area (Å²) in [4.78, 5) is 27.9. The molecule has 1 aliphatic heterocycles. The van der Waals surface area contributed by atoms with Gasteiger partial charge in [0.2, 0.25) is 5.91 Å². The maximum atomic E-state index is 13.6. The van der Waals surface area contributed by atoms with Crippen LogP contribution in [-0.2, 0) is 29.5 Å². The Balaban J connectivity index is 1.61. The van der Waals surface area contributed by atoms with Crippen molar-refractivity contribution < 1.29 is 14.3 Å². The standard InChI is InChI=1S/C26H30N4O3/c1-26(2,3)33-25(32)30-16-15-21-20(17-30)23(29(4)28-21)27-24(31)22(18-11-7-5-8-12-18)19-13-9-6-10-14-19/h5-14,22H,15-17H2,1-4H3,(H,27,31). The van der Waals surface area contributed by atoms with Crippen LogP contribution < -0.4 is 5.32 Å². The van der Waals surface area contributed by atoms with Gasteiger partial charge < -0.3 is 15.0 Å². The molecule has 1 aliphatic rings. The molecule has 0 radical (unpaired) electrons. The minimum Gasteiger partial charge on any atom is -0.444 e. The molecule has 1 aromatic heterocycles. The van der Waals surface area contributed by atoms with E-state index in [1.165, 1.54) is 0 Å². The predicted molar refractivity (Wildman–Crippen MR) is 127 cm³/mol. The molecule has 0 unspecified atom stereocenters. The minimum absolute atomic E-state index is 0.146. The Morgan fingerprint density at radius 2 is 1.58 bits per heavy atom. The summed E-state index contributed by atoms with van der Waals surface area (Å²) in [5, 5.41) is 7.71. The number of nitrogens with zero attached hydrogens (tertiary/aromatic N) is 3. The topological polar surface area (TPSA) is 76.5 Å². The summed E-state index contributed by atoms with van der Waals surface area (Å²) in [5.74, 6) is -0.00351. The molecule has 2 aromatic carbocycles. The van der Waals surface area contributed by atoms with Crippen molar-refractivity contribution in [2.24, 2.45) is 7.05 Å². The molecule has 0 spiro atoms. The summed E-state index contributed by atoms with van der Waals surface area (Å²) in [5.41, 5.74) is 2.99. The van der Waals surface area contributed by atoms with Crippen LogP contribution in [0.5, 0.6) is 0 Å². The van der Waals surface area contributed by atoms with Crippen LogP contribution >= 0.6 is 0 Å². The molecule has 0 saturated heterocycles. The second-order valence-corrected chi connectivity index (χ2v) is 9.29. The Labute approximate surface area is 194 Å². The van der Waals surface area contributed by atoms with E-state index in [4.69, 9.17) is 4.74 Å². The zero-order valence-electron chi connectivity index (χ0n) is 19.5. The molecule has 2 amide bonds. The highest BCUT2D eigenvalue weighted by atomic mass is 16.6. The van der Waals surface area contributed by atoms with Crippen molar-refractivity contribution >= 4 is 17.8 Å². The van der Waals surface area contributed by atoms with Crippen LogP contribution in [0.15, 0.2) is 60.7 Å². The van der Waals surface area contributed by atoms with Gasteiger partial charge in [0.05, 0.1) is 18.2 Å². The highest BCUT2D eigenvalue weighted by Gasteiger charge is 2.31. The largest absolute Gasteiger partial charge is 0.444 e. The van der Waals surface area contributed by atoms with Crippen molar-refractivity contribution in [2.45, 2.75) is 45.3 Å². The van der Waals surface area contributed by atoms with Crippen molar-refractivity contribution in [3.8, 4) is 0 Å². The monoisotopic (exact) mass is 446 g/mol. The number of aromatic nitrogens is 2. The first-order valence-corrected chi connectivity index (χ1v) is 11.2. The lowest BCUT2D eigenvalue weighted by Crippen LogP contribution is -2.40. The fourth-order valence-corrected chi connectivity index (χ4v) is 4.11. The molecule has 172 valence electrons. The van der Waals surface area contributed by atoms with Gasteiger partial charge in [0, 0.05) is 25.6 Å². The van der Waals surface area contributed by atoms with Crippen LogP contribution in [0.1, 0.15) is 49.1 Å². The van der Waals surface area contributed by atoms with E-state index in [1.54, 1.807) is 9.58 Å². The fraction of sp³-hybridized carbons (Fsp3) is 0.346. The number of hydrogen-bond donors (Lipinski definition) is 1. The minimum atomic E-state index is -0.568. The van der Waals surface area contributed by atoms with Crippen LogP contribution in [0.25, 0.3) is 0 Å². The highest BCUT2D eigenvalue weighted by Crippen LogP contribution is 2.30. The average Bonchev–Trinajstić information content (AvgIpc) is 3.08. The van der Waals surface area contributed by atoms with Crippen molar-refractivity contribution in [1.29, 1.82) is 0 Å². The number of benzene rings is 2. The molecular weight excluding hydrogens is 416 g/mol. The number of fused-ring (bicyclic) bond motifs is 1. The van der Waals surface area contributed by atoms with E-state index in [9.17, 15) is 9.59 Å². The number of carbonyl (C=O) groups is 2. The Bertz CT molecular complexity index is 1090. The molecule has 0 saturated carbocycles. The lowest BCUT2D eigenvalue weighted by atomic mass is 9.90. The Kier molecular flexibility index (Phi) is 6.22. The van der Waals surface area contributed by atoms with Gasteiger partial charge in [-0.1, -0.05) is 60.7 Å². The first-order valence-electron chi connectivity index (χ1n) is 11.2. The Hall–Kier alpha value is -3.61. The molecule has 33 heavy (non-hydrogen) atoms. The molecule has 1 N–H and O–H groups in total. The predicted octanol–water partition coefficient (Wildman–Crippen LogP) is 4.48. The van der Waals surface area contributed by atoms with Crippen LogP contribution in [-0.4, -0.2) is 38.8 Å². The van der Waals surface area contributed by atoms with Crippen LogP contribution in [0.3, 0.4) is 0 Å². The van der Waals surface area contributed by atoms with E-state index in [1.807, 2.05) is 88.5 Å². The normalized spacial score (nSPS) is 13.5. The number of aryl methyl sites for hydroxylation is 1. The van der Waals surface area contributed by atoms with E-state index < -0.39 is 11.5 Å². The third kappa shape index (κ3) is 5.08. The number of rotatable bonds is 4. The fourth-order valence-electron chi connectivity index (χ4n) is 4.11.